The van der Waals surface area contributed by atoms with Crippen molar-refractivity contribution in [2.75, 3.05) is 46.0 Å². The van der Waals surface area contributed by atoms with Crippen molar-refractivity contribution < 1.29 is 24.2 Å². The molecule has 1 amide bonds. The normalized spacial score (nSPS) is 18.7. The van der Waals surface area contributed by atoms with Crippen LogP contribution < -0.4 is 4.74 Å². The molecule has 196 valence electrons. The number of allylic oxidation sites excluding steroid dienone is 1. The first-order chi connectivity index (χ1) is 18.1. The van der Waals surface area contributed by atoms with Crippen molar-refractivity contribution in [2.24, 2.45) is 0 Å². The van der Waals surface area contributed by atoms with Gasteiger partial charge in [0.05, 0.1) is 31.4 Å². The maximum absolute atomic E-state index is 13.3. The average molecular weight is 505 g/mol. The Morgan fingerprint density at radius 3 is 2.49 bits per heavy atom. The molecule has 2 aliphatic rings. The van der Waals surface area contributed by atoms with Crippen molar-refractivity contribution in [2.45, 2.75) is 32.2 Å². The number of nitrogens with zero attached hydrogens (tertiary/aromatic N) is 2. The topological polar surface area (TPSA) is 79.3 Å². The van der Waals surface area contributed by atoms with E-state index in [2.05, 4.69) is 11.8 Å². The highest BCUT2D eigenvalue weighted by molar-refractivity contribution is 6.14. The second-order valence-electron chi connectivity index (χ2n) is 9.35. The second-order valence-corrected chi connectivity index (χ2v) is 9.35. The van der Waals surface area contributed by atoms with Gasteiger partial charge in [0.25, 0.3) is 5.91 Å². The molecule has 1 fully saturated rings. The molecule has 4 rings (SSSR count). The summed E-state index contributed by atoms with van der Waals surface area (Å²) < 4.78 is 11.2. The third-order valence-corrected chi connectivity index (χ3v) is 6.74. The standard InChI is InChI=1S/C30H36N2O5/c1-2-3-20-37-25-13-11-24(12-14-25)28-27(26(33)15-10-23-8-5-4-6-9-23)29(34)30(35)32(28)17-7-16-31-18-21-36-22-19-31/h4-6,8-15,28,34H,2-3,7,16-22H2,1H3. The molecule has 2 aromatic carbocycles. The number of ether oxygens (including phenoxy) is 2. The molecule has 1 unspecified atom stereocenters. The van der Waals surface area contributed by atoms with Crippen LogP contribution in [0.5, 0.6) is 5.75 Å². The van der Waals surface area contributed by atoms with E-state index in [9.17, 15) is 14.7 Å². The molecule has 2 aromatic rings. The Hall–Kier alpha value is -3.42. The number of amides is 1. The van der Waals surface area contributed by atoms with Crippen LogP contribution >= 0.6 is 0 Å². The summed E-state index contributed by atoms with van der Waals surface area (Å²) in [5.41, 5.74) is 1.75. The van der Waals surface area contributed by atoms with Gasteiger partial charge in [0.15, 0.2) is 11.5 Å². The van der Waals surface area contributed by atoms with E-state index in [1.54, 1.807) is 11.0 Å². The zero-order valence-corrected chi connectivity index (χ0v) is 21.5. The molecule has 0 bridgehead atoms. The van der Waals surface area contributed by atoms with Gasteiger partial charge in [-0.05, 0) is 42.2 Å². The number of hydrogen-bond donors (Lipinski definition) is 1. The largest absolute Gasteiger partial charge is 0.503 e. The molecule has 2 aliphatic heterocycles. The molecule has 1 atom stereocenters. The Labute approximate surface area is 219 Å². The summed E-state index contributed by atoms with van der Waals surface area (Å²) in [6, 6.07) is 16.3. The molecule has 7 heteroatoms. The monoisotopic (exact) mass is 504 g/mol. The van der Waals surface area contributed by atoms with Gasteiger partial charge in [-0.1, -0.05) is 61.9 Å². The molecule has 0 aliphatic carbocycles. The molecule has 1 N–H and O–H groups in total. The van der Waals surface area contributed by atoms with Crippen molar-refractivity contribution in [1.29, 1.82) is 0 Å². The lowest BCUT2D eigenvalue weighted by atomic mass is 9.95. The molecule has 7 nitrogen and oxygen atoms in total. The lowest BCUT2D eigenvalue weighted by Gasteiger charge is -2.30. The van der Waals surface area contributed by atoms with Gasteiger partial charge in [-0.2, -0.15) is 0 Å². The predicted molar refractivity (Wildman–Crippen MR) is 143 cm³/mol. The summed E-state index contributed by atoms with van der Waals surface area (Å²) in [5.74, 6) is -0.613. The van der Waals surface area contributed by atoms with Gasteiger partial charge in [0.1, 0.15) is 5.75 Å². The van der Waals surface area contributed by atoms with Crippen molar-refractivity contribution in [3.05, 3.63) is 83.1 Å². The number of carbonyl (C=O) groups excluding carboxylic acids is 2. The molecule has 0 spiro atoms. The fourth-order valence-corrected chi connectivity index (χ4v) is 4.68. The van der Waals surface area contributed by atoms with Crippen molar-refractivity contribution in [3.8, 4) is 5.75 Å². The number of rotatable bonds is 12. The van der Waals surface area contributed by atoms with E-state index >= 15 is 0 Å². The number of unbranched alkanes of at least 4 members (excludes halogenated alkanes) is 1. The average Bonchev–Trinajstić information content (AvgIpc) is 3.18. The Kier molecular flexibility index (Phi) is 9.52. The van der Waals surface area contributed by atoms with Gasteiger partial charge in [-0.3, -0.25) is 14.5 Å². The Morgan fingerprint density at radius 2 is 1.78 bits per heavy atom. The molecule has 37 heavy (non-hydrogen) atoms. The number of carbonyl (C=O) groups is 2. The number of aliphatic hydroxyl groups excluding tert-OH is 1. The molecule has 0 radical (unpaired) electrons. The first-order valence-electron chi connectivity index (χ1n) is 13.1. The van der Waals surface area contributed by atoms with Crippen LogP contribution in [0.25, 0.3) is 6.08 Å². The lowest BCUT2D eigenvalue weighted by Crippen LogP contribution is -2.39. The van der Waals surface area contributed by atoms with Crippen LogP contribution in [-0.2, 0) is 14.3 Å². The minimum atomic E-state index is -0.658. The van der Waals surface area contributed by atoms with Gasteiger partial charge in [0.2, 0.25) is 0 Å². The number of ketones is 1. The van der Waals surface area contributed by atoms with E-state index in [1.165, 1.54) is 6.08 Å². The van der Waals surface area contributed by atoms with E-state index in [4.69, 9.17) is 9.47 Å². The van der Waals surface area contributed by atoms with Crippen LogP contribution in [0.15, 0.2) is 72.0 Å². The van der Waals surface area contributed by atoms with Crippen LogP contribution in [0.1, 0.15) is 43.4 Å². The van der Waals surface area contributed by atoms with E-state index in [0.29, 0.717) is 26.4 Å². The minimum absolute atomic E-state index is 0.114. The SMILES string of the molecule is CCCCOc1ccc(C2C(C(=O)C=Cc3ccccc3)=C(O)C(=O)N2CCCN2CCOCC2)cc1. The summed E-state index contributed by atoms with van der Waals surface area (Å²) in [5, 5.41) is 10.9. The molecular weight excluding hydrogens is 468 g/mol. The molecule has 0 saturated carbocycles. The first-order valence-corrected chi connectivity index (χ1v) is 13.1. The Morgan fingerprint density at radius 1 is 1.05 bits per heavy atom. The van der Waals surface area contributed by atoms with E-state index in [0.717, 1.165) is 55.8 Å². The van der Waals surface area contributed by atoms with Crippen LogP contribution in [0, 0.1) is 0 Å². The molecule has 1 saturated heterocycles. The van der Waals surface area contributed by atoms with Crippen LogP contribution in [0.2, 0.25) is 0 Å². The maximum Gasteiger partial charge on any atom is 0.290 e. The third-order valence-electron chi connectivity index (χ3n) is 6.74. The van der Waals surface area contributed by atoms with E-state index in [-0.39, 0.29) is 11.4 Å². The fraction of sp³-hybridized carbons (Fsp3) is 0.400. The summed E-state index contributed by atoms with van der Waals surface area (Å²) in [7, 11) is 0. The fourth-order valence-electron chi connectivity index (χ4n) is 4.68. The highest BCUT2D eigenvalue weighted by Gasteiger charge is 2.42. The smallest absolute Gasteiger partial charge is 0.290 e. The van der Waals surface area contributed by atoms with Crippen molar-refractivity contribution >= 4 is 17.8 Å². The number of benzene rings is 2. The van der Waals surface area contributed by atoms with Gasteiger partial charge in [-0.25, -0.2) is 0 Å². The predicted octanol–water partition coefficient (Wildman–Crippen LogP) is 4.57. The van der Waals surface area contributed by atoms with Gasteiger partial charge >= 0.3 is 0 Å². The van der Waals surface area contributed by atoms with Crippen LogP contribution in [0.3, 0.4) is 0 Å². The van der Waals surface area contributed by atoms with E-state index < -0.39 is 17.7 Å². The third kappa shape index (κ3) is 6.87. The number of morpholine rings is 1. The summed E-state index contributed by atoms with van der Waals surface area (Å²) in [4.78, 5) is 30.4. The zero-order chi connectivity index (χ0) is 26.0. The minimum Gasteiger partial charge on any atom is -0.503 e. The molecule has 2 heterocycles. The first kappa shape index (κ1) is 26.6. The number of hydrogen-bond acceptors (Lipinski definition) is 6. The van der Waals surface area contributed by atoms with E-state index in [1.807, 2.05) is 54.6 Å². The Bertz CT molecular complexity index is 1100. The molecular formula is C30H36N2O5. The Balaban J connectivity index is 1.55. The van der Waals surface area contributed by atoms with Crippen molar-refractivity contribution in [3.63, 3.8) is 0 Å². The van der Waals surface area contributed by atoms with Crippen molar-refractivity contribution in [1.82, 2.24) is 9.80 Å². The van der Waals surface area contributed by atoms with Gasteiger partial charge < -0.3 is 19.5 Å². The summed E-state index contributed by atoms with van der Waals surface area (Å²) >= 11 is 0. The summed E-state index contributed by atoms with van der Waals surface area (Å²) in [6.45, 7) is 7.17. The molecule has 0 aromatic heterocycles. The van der Waals surface area contributed by atoms with Gasteiger partial charge in [0, 0.05) is 26.2 Å². The van der Waals surface area contributed by atoms with Crippen LogP contribution in [0.4, 0.5) is 0 Å². The second kappa shape index (κ2) is 13.2. The highest BCUT2D eigenvalue weighted by Crippen LogP contribution is 2.38. The summed E-state index contributed by atoms with van der Waals surface area (Å²) in [6.07, 6.45) is 5.89. The maximum atomic E-state index is 13.3. The van der Waals surface area contributed by atoms with Crippen LogP contribution in [-0.4, -0.2) is 72.6 Å². The highest BCUT2D eigenvalue weighted by atomic mass is 16.5. The number of aliphatic hydroxyl groups is 1. The zero-order valence-electron chi connectivity index (χ0n) is 21.5. The van der Waals surface area contributed by atoms with Gasteiger partial charge in [-0.15, -0.1) is 0 Å². The lowest BCUT2D eigenvalue weighted by molar-refractivity contribution is -0.129. The quantitative estimate of drug-likeness (QED) is 0.337.